The molecule has 2 saturated heterocycles. The minimum Gasteiger partial charge on any atom is -0.480 e. The standard InChI is InChI=1S/C18H26Br2N2O5/c1-16(2,3)27-15(26)21-9-7-8-17(4)12(18(17,19)20)10-5-6-11(14(24)25)22(10)13(9)23/h9-12H,5-8H2,1-4H3,(H,21,26)(H,24,25)/t9-,10+,11-,12+,17-/m0/s1. The van der Waals surface area contributed by atoms with Crippen LogP contribution in [0.2, 0.25) is 0 Å². The van der Waals surface area contributed by atoms with Gasteiger partial charge in [0.2, 0.25) is 5.91 Å². The molecule has 9 heteroatoms. The van der Waals surface area contributed by atoms with Crippen LogP contribution < -0.4 is 5.32 Å². The maximum atomic E-state index is 13.2. The molecular weight excluding hydrogens is 484 g/mol. The van der Waals surface area contributed by atoms with Crippen molar-refractivity contribution >= 4 is 49.8 Å². The third-order valence-electron chi connectivity index (χ3n) is 6.05. The summed E-state index contributed by atoms with van der Waals surface area (Å²) in [4.78, 5) is 38.7. The Hall–Kier alpha value is -0.830. The number of alkyl halides is 2. The number of alkyl carbamates (subject to hydrolysis) is 1. The van der Waals surface area contributed by atoms with Crippen molar-refractivity contribution in [2.75, 3.05) is 0 Å². The number of aliphatic carboxylic acids is 1. The number of hydrogen-bond donors (Lipinski definition) is 2. The Balaban J connectivity index is 1.88. The Morgan fingerprint density at radius 2 is 1.89 bits per heavy atom. The van der Waals surface area contributed by atoms with Crippen LogP contribution in [0.4, 0.5) is 4.79 Å². The van der Waals surface area contributed by atoms with Crippen molar-refractivity contribution in [1.82, 2.24) is 10.2 Å². The van der Waals surface area contributed by atoms with E-state index in [-0.39, 0.29) is 26.5 Å². The zero-order valence-electron chi connectivity index (χ0n) is 15.9. The lowest BCUT2D eigenvalue weighted by Crippen LogP contribution is -2.56. The number of amides is 2. The lowest BCUT2D eigenvalue weighted by molar-refractivity contribution is -0.151. The van der Waals surface area contributed by atoms with Crippen molar-refractivity contribution in [3.05, 3.63) is 0 Å². The fraction of sp³-hybridized carbons (Fsp3) is 0.833. The first-order chi connectivity index (χ1) is 12.3. The summed E-state index contributed by atoms with van der Waals surface area (Å²) < 4.78 is 4.97. The number of ether oxygens (including phenoxy) is 1. The van der Waals surface area contributed by atoms with Crippen molar-refractivity contribution < 1.29 is 24.2 Å². The molecule has 2 N–H and O–H groups in total. The van der Waals surface area contributed by atoms with Gasteiger partial charge in [0.1, 0.15) is 17.7 Å². The van der Waals surface area contributed by atoms with Gasteiger partial charge in [-0.1, -0.05) is 38.8 Å². The summed E-state index contributed by atoms with van der Waals surface area (Å²) in [6.07, 6.45) is 1.56. The third kappa shape index (κ3) is 3.50. The molecule has 3 rings (SSSR count). The van der Waals surface area contributed by atoms with Gasteiger partial charge >= 0.3 is 12.1 Å². The molecule has 0 radical (unpaired) electrons. The monoisotopic (exact) mass is 508 g/mol. The molecule has 0 unspecified atom stereocenters. The number of carboxylic acids is 1. The topological polar surface area (TPSA) is 95.9 Å². The summed E-state index contributed by atoms with van der Waals surface area (Å²) in [5.41, 5.74) is -0.805. The highest BCUT2D eigenvalue weighted by Gasteiger charge is 2.76. The van der Waals surface area contributed by atoms with Gasteiger partial charge in [-0.3, -0.25) is 4.79 Å². The van der Waals surface area contributed by atoms with Crippen LogP contribution in [-0.2, 0) is 14.3 Å². The Morgan fingerprint density at radius 3 is 2.44 bits per heavy atom. The molecule has 2 heterocycles. The fourth-order valence-corrected chi connectivity index (χ4v) is 6.94. The lowest BCUT2D eigenvalue weighted by Gasteiger charge is -2.35. The Labute approximate surface area is 175 Å². The largest absolute Gasteiger partial charge is 0.480 e. The maximum absolute atomic E-state index is 13.2. The van der Waals surface area contributed by atoms with E-state index in [1.807, 2.05) is 0 Å². The van der Waals surface area contributed by atoms with Crippen LogP contribution in [0.1, 0.15) is 53.4 Å². The molecule has 2 aliphatic heterocycles. The molecule has 3 aliphatic rings. The second-order valence-corrected chi connectivity index (χ2v) is 12.6. The number of rotatable bonds is 2. The molecule has 3 fully saturated rings. The molecule has 1 aliphatic carbocycles. The summed E-state index contributed by atoms with van der Waals surface area (Å²) in [5, 5.41) is 12.3. The molecule has 27 heavy (non-hydrogen) atoms. The summed E-state index contributed by atoms with van der Waals surface area (Å²) in [7, 11) is 0. The number of nitrogens with one attached hydrogen (secondary N) is 1. The van der Waals surface area contributed by atoms with E-state index in [0.717, 1.165) is 6.42 Å². The number of carbonyl (C=O) groups is 3. The summed E-state index contributed by atoms with van der Waals surface area (Å²) in [6, 6.07) is -1.83. The van der Waals surface area contributed by atoms with Crippen molar-refractivity contribution in [2.24, 2.45) is 11.3 Å². The third-order valence-corrected chi connectivity index (χ3v) is 8.85. The molecule has 1 saturated carbocycles. The second kappa shape index (κ2) is 6.61. The average Bonchev–Trinajstić information content (AvgIpc) is 2.83. The van der Waals surface area contributed by atoms with E-state index in [4.69, 9.17) is 4.74 Å². The SMILES string of the molecule is CC(C)(C)OC(=O)N[C@H]1CC[C@@]2(C)[C@@H]([C@H]3CC[C@@H](C(=O)O)N3C1=O)C2(Br)Br. The van der Waals surface area contributed by atoms with Gasteiger partial charge in [0, 0.05) is 17.4 Å². The quantitative estimate of drug-likeness (QED) is 0.557. The van der Waals surface area contributed by atoms with Crippen LogP contribution >= 0.6 is 31.9 Å². The van der Waals surface area contributed by atoms with Crippen LogP contribution in [0.3, 0.4) is 0 Å². The molecule has 2 amide bonds. The summed E-state index contributed by atoms with van der Waals surface area (Å²) in [6.45, 7) is 7.39. The molecule has 152 valence electrons. The molecule has 7 nitrogen and oxygen atoms in total. The molecule has 0 spiro atoms. The van der Waals surface area contributed by atoms with Crippen LogP contribution in [0.15, 0.2) is 0 Å². The average molecular weight is 510 g/mol. The summed E-state index contributed by atoms with van der Waals surface area (Å²) in [5.74, 6) is -1.21. The van der Waals surface area contributed by atoms with E-state index in [1.54, 1.807) is 20.8 Å². The molecular formula is C18H26Br2N2O5. The first-order valence-corrected chi connectivity index (χ1v) is 10.8. The number of halogens is 2. The van der Waals surface area contributed by atoms with Gasteiger partial charge in [-0.05, 0) is 46.5 Å². The molecule has 0 bridgehead atoms. The van der Waals surface area contributed by atoms with Crippen molar-refractivity contribution in [3.63, 3.8) is 0 Å². The highest BCUT2D eigenvalue weighted by Crippen LogP contribution is 2.76. The Bertz CT molecular complexity index is 677. The minimum absolute atomic E-state index is 0.126. The molecule has 0 aromatic carbocycles. The van der Waals surface area contributed by atoms with E-state index < -0.39 is 29.7 Å². The van der Waals surface area contributed by atoms with E-state index >= 15 is 0 Å². The Kier molecular flexibility index (Phi) is 5.11. The first kappa shape index (κ1) is 20.9. The molecule has 0 aromatic rings. The highest BCUT2D eigenvalue weighted by atomic mass is 79.9. The number of hydrogen-bond acceptors (Lipinski definition) is 4. The minimum atomic E-state index is -1.00. The van der Waals surface area contributed by atoms with Crippen molar-refractivity contribution in [2.45, 2.75) is 80.3 Å². The van der Waals surface area contributed by atoms with Crippen LogP contribution in [-0.4, -0.2) is 54.9 Å². The molecule has 5 atom stereocenters. The predicted octanol–water partition coefficient (Wildman–Crippen LogP) is 3.24. The number of carboxylic acid groups (broad SMARTS) is 1. The second-order valence-electron chi connectivity index (χ2n) is 9.00. The van der Waals surface area contributed by atoms with Gasteiger partial charge in [-0.15, -0.1) is 0 Å². The van der Waals surface area contributed by atoms with Crippen molar-refractivity contribution in [1.29, 1.82) is 0 Å². The fourth-order valence-electron chi connectivity index (χ4n) is 4.66. The first-order valence-electron chi connectivity index (χ1n) is 9.22. The lowest BCUT2D eigenvalue weighted by atomic mass is 9.90. The van der Waals surface area contributed by atoms with E-state index in [1.165, 1.54) is 4.90 Å². The van der Waals surface area contributed by atoms with E-state index in [9.17, 15) is 19.5 Å². The predicted molar refractivity (Wildman–Crippen MR) is 106 cm³/mol. The smallest absolute Gasteiger partial charge is 0.408 e. The number of nitrogens with zero attached hydrogens (tertiary/aromatic N) is 1. The normalized spacial score (nSPS) is 37.6. The van der Waals surface area contributed by atoms with Crippen LogP contribution in [0.25, 0.3) is 0 Å². The van der Waals surface area contributed by atoms with E-state index in [2.05, 4.69) is 44.1 Å². The van der Waals surface area contributed by atoms with Gasteiger partial charge in [0.05, 0.1) is 3.23 Å². The van der Waals surface area contributed by atoms with E-state index in [0.29, 0.717) is 19.3 Å². The van der Waals surface area contributed by atoms with Gasteiger partial charge in [-0.2, -0.15) is 0 Å². The van der Waals surface area contributed by atoms with Gasteiger partial charge in [0.25, 0.3) is 0 Å². The Morgan fingerprint density at radius 1 is 1.26 bits per heavy atom. The van der Waals surface area contributed by atoms with Crippen LogP contribution in [0.5, 0.6) is 0 Å². The highest BCUT2D eigenvalue weighted by molar-refractivity contribution is 9.25. The zero-order valence-corrected chi connectivity index (χ0v) is 19.1. The van der Waals surface area contributed by atoms with Crippen molar-refractivity contribution in [3.8, 4) is 0 Å². The van der Waals surface area contributed by atoms with Crippen LogP contribution in [0, 0.1) is 11.3 Å². The summed E-state index contributed by atoms with van der Waals surface area (Å²) >= 11 is 7.50. The molecule has 0 aromatic heterocycles. The van der Waals surface area contributed by atoms with Gasteiger partial charge in [0.15, 0.2) is 0 Å². The van der Waals surface area contributed by atoms with Gasteiger partial charge in [-0.25, -0.2) is 9.59 Å². The number of carbonyl (C=O) groups excluding carboxylic acids is 2. The van der Waals surface area contributed by atoms with Gasteiger partial charge < -0.3 is 20.1 Å². The number of fused-ring (bicyclic) bond motifs is 3. The zero-order chi connectivity index (χ0) is 20.4. The maximum Gasteiger partial charge on any atom is 0.408 e.